The fourth-order valence-corrected chi connectivity index (χ4v) is 2.84. The topological polar surface area (TPSA) is 84.9 Å². The number of halogens is 1. The number of nitrogens with one attached hydrogen (secondary N) is 1. The molecule has 0 spiro atoms. The first-order chi connectivity index (χ1) is 11.0. The molecule has 1 heterocycles. The van der Waals surface area contributed by atoms with Crippen LogP contribution in [0.1, 0.15) is 19.3 Å². The Kier molecular flexibility index (Phi) is 4.73. The van der Waals surface area contributed by atoms with Crippen molar-refractivity contribution in [3.63, 3.8) is 0 Å². The number of rotatable bonds is 6. The first kappa shape index (κ1) is 16.1. The van der Waals surface area contributed by atoms with Gasteiger partial charge < -0.3 is 19.9 Å². The molecule has 124 valence electrons. The third kappa shape index (κ3) is 3.95. The molecule has 7 heteroatoms. The third-order valence-electron chi connectivity index (χ3n) is 4.09. The van der Waals surface area contributed by atoms with E-state index in [1.165, 1.54) is 0 Å². The minimum Gasteiger partial charge on any atom is -0.489 e. The molecule has 3 unspecified atom stereocenters. The van der Waals surface area contributed by atoms with Crippen molar-refractivity contribution in [2.24, 2.45) is 11.8 Å². The molecule has 0 radical (unpaired) electrons. The lowest BCUT2D eigenvalue weighted by molar-refractivity contribution is -0.139. The fourth-order valence-electron chi connectivity index (χ4n) is 2.67. The van der Waals surface area contributed by atoms with E-state index in [-0.39, 0.29) is 12.0 Å². The number of hydrogen-bond acceptors (Lipinski definition) is 4. The van der Waals surface area contributed by atoms with Gasteiger partial charge in [0.05, 0.1) is 23.6 Å². The standard InChI is InChI=1S/C16H18ClNO5/c17-9-3-4-14(23-8-10-2-1-5-22-10)13(6-9)18-15(19)11-7-12(11)16(20)21/h3-4,6,10-12H,1-2,5,7-8H2,(H,18,19)(H,20,21). The van der Waals surface area contributed by atoms with Gasteiger partial charge in [-0.1, -0.05) is 11.6 Å². The molecule has 1 aromatic carbocycles. The van der Waals surface area contributed by atoms with Crippen molar-refractivity contribution in [2.75, 3.05) is 18.5 Å². The van der Waals surface area contributed by atoms with Gasteiger partial charge in [-0.15, -0.1) is 0 Å². The van der Waals surface area contributed by atoms with Crippen molar-refractivity contribution < 1.29 is 24.2 Å². The summed E-state index contributed by atoms with van der Waals surface area (Å²) in [7, 11) is 0. The van der Waals surface area contributed by atoms with Crippen molar-refractivity contribution in [2.45, 2.75) is 25.4 Å². The highest BCUT2D eigenvalue weighted by Crippen LogP contribution is 2.40. The van der Waals surface area contributed by atoms with Gasteiger partial charge in [-0.25, -0.2) is 0 Å². The zero-order valence-electron chi connectivity index (χ0n) is 12.5. The van der Waals surface area contributed by atoms with Crippen molar-refractivity contribution >= 4 is 29.2 Å². The molecule has 3 atom stereocenters. The van der Waals surface area contributed by atoms with Crippen molar-refractivity contribution in [1.29, 1.82) is 0 Å². The van der Waals surface area contributed by atoms with Crippen LogP contribution >= 0.6 is 11.6 Å². The second-order valence-electron chi connectivity index (χ2n) is 5.86. The Morgan fingerprint density at radius 1 is 1.39 bits per heavy atom. The summed E-state index contributed by atoms with van der Waals surface area (Å²) in [5.41, 5.74) is 0.455. The van der Waals surface area contributed by atoms with E-state index in [4.69, 9.17) is 26.2 Å². The van der Waals surface area contributed by atoms with Gasteiger partial charge in [0, 0.05) is 11.6 Å². The Bertz CT molecular complexity index is 614. The monoisotopic (exact) mass is 339 g/mol. The molecule has 1 aliphatic carbocycles. The predicted octanol–water partition coefficient (Wildman–Crippen LogP) is 2.56. The Hall–Kier alpha value is -1.79. The quantitative estimate of drug-likeness (QED) is 0.832. The van der Waals surface area contributed by atoms with E-state index in [1.807, 2.05) is 0 Å². The number of amides is 1. The highest BCUT2D eigenvalue weighted by Gasteiger charge is 2.48. The average Bonchev–Trinajstić information content (AvgIpc) is 3.16. The van der Waals surface area contributed by atoms with Gasteiger partial charge in [0.2, 0.25) is 5.91 Å². The molecule has 1 saturated carbocycles. The first-order valence-electron chi connectivity index (χ1n) is 7.62. The average molecular weight is 340 g/mol. The van der Waals surface area contributed by atoms with Gasteiger partial charge in [0.1, 0.15) is 12.4 Å². The molecule has 1 saturated heterocycles. The van der Waals surface area contributed by atoms with Crippen LogP contribution in [0.4, 0.5) is 5.69 Å². The summed E-state index contributed by atoms with van der Waals surface area (Å²) >= 11 is 5.98. The van der Waals surface area contributed by atoms with Gasteiger partial charge in [-0.2, -0.15) is 0 Å². The molecule has 1 amide bonds. The number of hydrogen-bond donors (Lipinski definition) is 2. The van der Waals surface area contributed by atoms with E-state index in [2.05, 4.69) is 5.32 Å². The van der Waals surface area contributed by atoms with Crippen LogP contribution in [0.25, 0.3) is 0 Å². The maximum atomic E-state index is 12.1. The van der Waals surface area contributed by atoms with Gasteiger partial charge >= 0.3 is 5.97 Å². The van der Waals surface area contributed by atoms with E-state index in [9.17, 15) is 9.59 Å². The number of carbonyl (C=O) groups excluding carboxylic acids is 1. The highest BCUT2D eigenvalue weighted by atomic mass is 35.5. The number of aliphatic carboxylic acids is 1. The van der Waals surface area contributed by atoms with Crippen LogP contribution < -0.4 is 10.1 Å². The van der Waals surface area contributed by atoms with E-state index < -0.39 is 17.8 Å². The SMILES string of the molecule is O=C(O)C1CC1C(=O)Nc1cc(Cl)ccc1OCC1CCCO1. The molecule has 23 heavy (non-hydrogen) atoms. The van der Waals surface area contributed by atoms with E-state index in [0.29, 0.717) is 29.5 Å². The Labute approximate surface area is 138 Å². The van der Waals surface area contributed by atoms with Crippen molar-refractivity contribution in [3.8, 4) is 5.75 Å². The maximum Gasteiger partial charge on any atom is 0.307 e. The molecule has 1 aromatic rings. The lowest BCUT2D eigenvalue weighted by Crippen LogP contribution is -2.19. The molecule has 0 bridgehead atoms. The van der Waals surface area contributed by atoms with Crippen LogP contribution in [0.2, 0.25) is 5.02 Å². The van der Waals surface area contributed by atoms with E-state index in [1.54, 1.807) is 18.2 Å². The van der Waals surface area contributed by atoms with Crippen LogP contribution in [0.3, 0.4) is 0 Å². The fraction of sp³-hybridized carbons (Fsp3) is 0.500. The Morgan fingerprint density at radius 3 is 2.87 bits per heavy atom. The molecular weight excluding hydrogens is 322 g/mol. The zero-order chi connectivity index (χ0) is 16.4. The summed E-state index contributed by atoms with van der Waals surface area (Å²) < 4.78 is 11.2. The summed E-state index contributed by atoms with van der Waals surface area (Å²) in [5, 5.41) is 12.1. The van der Waals surface area contributed by atoms with Crippen LogP contribution in [0.5, 0.6) is 5.75 Å². The molecule has 3 rings (SSSR count). The van der Waals surface area contributed by atoms with Crippen molar-refractivity contribution in [1.82, 2.24) is 0 Å². The smallest absolute Gasteiger partial charge is 0.307 e. The van der Waals surface area contributed by atoms with Crippen molar-refractivity contribution in [3.05, 3.63) is 23.2 Å². The minimum absolute atomic E-state index is 0.0639. The lowest BCUT2D eigenvalue weighted by atomic mass is 10.2. The number of ether oxygens (including phenoxy) is 2. The highest BCUT2D eigenvalue weighted by molar-refractivity contribution is 6.31. The molecule has 2 fully saturated rings. The second-order valence-corrected chi connectivity index (χ2v) is 6.30. The molecule has 2 aliphatic rings. The molecule has 6 nitrogen and oxygen atoms in total. The van der Waals surface area contributed by atoms with Gasteiger partial charge in [-0.3, -0.25) is 9.59 Å². The lowest BCUT2D eigenvalue weighted by Gasteiger charge is -2.15. The molecular formula is C16H18ClNO5. The number of carbonyl (C=O) groups is 2. The van der Waals surface area contributed by atoms with E-state index >= 15 is 0 Å². The second kappa shape index (κ2) is 6.76. The van der Waals surface area contributed by atoms with Crippen LogP contribution in [-0.2, 0) is 14.3 Å². The van der Waals surface area contributed by atoms with Crippen LogP contribution in [-0.4, -0.2) is 36.3 Å². The number of anilines is 1. The maximum absolute atomic E-state index is 12.1. The third-order valence-corrected chi connectivity index (χ3v) is 4.33. The zero-order valence-corrected chi connectivity index (χ0v) is 13.2. The molecule has 1 aliphatic heterocycles. The molecule has 2 N–H and O–H groups in total. The minimum atomic E-state index is -0.939. The van der Waals surface area contributed by atoms with Gasteiger partial charge in [-0.05, 0) is 37.5 Å². The summed E-state index contributed by atoms with van der Waals surface area (Å²) in [6.45, 7) is 1.15. The van der Waals surface area contributed by atoms with Crippen LogP contribution in [0.15, 0.2) is 18.2 Å². The predicted molar refractivity (Wildman–Crippen MR) is 83.8 cm³/mol. The number of carboxylic acid groups (broad SMARTS) is 1. The van der Waals surface area contributed by atoms with E-state index in [0.717, 1.165) is 19.4 Å². The molecule has 0 aromatic heterocycles. The number of carboxylic acids is 1. The van der Waals surface area contributed by atoms with Crippen LogP contribution in [0, 0.1) is 11.8 Å². The summed E-state index contributed by atoms with van der Waals surface area (Å²) in [5.74, 6) is -1.83. The normalized spacial score (nSPS) is 25.9. The largest absolute Gasteiger partial charge is 0.489 e. The number of benzene rings is 1. The van der Waals surface area contributed by atoms with Gasteiger partial charge in [0.15, 0.2) is 0 Å². The summed E-state index contributed by atoms with van der Waals surface area (Å²) in [6.07, 6.45) is 2.41. The Balaban J connectivity index is 1.64. The summed E-state index contributed by atoms with van der Waals surface area (Å²) in [4.78, 5) is 23.0. The summed E-state index contributed by atoms with van der Waals surface area (Å²) in [6, 6.07) is 4.97. The Morgan fingerprint density at radius 2 is 2.22 bits per heavy atom. The van der Waals surface area contributed by atoms with Gasteiger partial charge in [0.25, 0.3) is 0 Å². The first-order valence-corrected chi connectivity index (χ1v) is 8.00.